The van der Waals surface area contributed by atoms with Crippen LogP contribution in [-0.2, 0) is 25.0 Å². The summed E-state index contributed by atoms with van der Waals surface area (Å²) in [5, 5.41) is 10.3. The molecule has 12 heteroatoms. The standard InChI is InChI=1S/C25H32N4O6S2/c1-6-29(35-14-16(4)30)22(32)19-18(13-27(25(34)36)17-10-8-7-9-11-17)37-23-20(19)21(31)26(5)24(33)28(23)12-15(2)3/h7-11,15-16,30H,6,12-14H2,1-5H3,(H,34,36)/t16-/m0/s1. The molecule has 0 aliphatic heterocycles. The van der Waals surface area contributed by atoms with Crippen LogP contribution in [0.2, 0.25) is 0 Å². The van der Waals surface area contributed by atoms with Crippen LogP contribution in [0.25, 0.3) is 10.2 Å². The summed E-state index contributed by atoms with van der Waals surface area (Å²) in [6.45, 7) is 7.42. The van der Waals surface area contributed by atoms with Crippen molar-refractivity contribution in [2.75, 3.05) is 18.1 Å². The van der Waals surface area contributed by atoms with Crippen LogP contribution in [-0.4, -0.2) is 49.7 Å². The summed E-state index contributed by atoms with van der Waals surface area (Å²) in [5.74, 6) is -0.514. The summed E-state index contributed by atoms with van der Waals surface area (Å²) in [7, 11) is 1.38. The number of aromatic nitrogens is 2. The molecule has 1 aromatic carbocycles. The Morgan fingerprint density at radius 3 is 2.35 bits per heavy atom. The number of hydrogen-bond acceptors (Lipinski definition) is 7. The molecule has 2 amide bonds. The van der Waals surface area contributed by atoms with E-state index in [9.17, 15) is 24.3 Å². The summed E-state index contributed by atoms with van der Waals surface area (Å²) >= 11 is 5.16. The molecule has 0 bridgehead atoms. The minimum atomic E-state index is -0.819. The molecule has 2 aromatic heterocycles. The number of fused-ring (bicyclic) bond motifs is 1. The summed E-state index contributed by atoms with van der Waals surface area (Å²) in [4.78, 5) is 60.5. The minimum absolute atomic E-state index is 0.0558. The molecule has 0 saturated heterocycles. The highest BCUT2D eigenvalue weighted by Crippen LogP contribution is 2.33. The van der Waals surface area contributed by atoms with E-state index in [1.165, 1.54) is 23.4 Å². The van der Waals surface area contributed by atoms with Crippen molar-refractivity contribution in [2.45, 2.75) is 46.9 Å². The van der Waals surface area contributed by atoms with E-state index in [1.807, 2.05) is 19.9 Å². The number of thiophene rings is 1. The Labute approximate surface area is 224 Å². The van der Waals surface area contributed by atoms with Gasteiger partial charge in [-0.3, -0.25) is 33.3 Å². The Morgan fingerprint density at radius 1 is 1.16 bits per heavy atom. The van der Waals surface area contributed by atoms with Gasteiger partial charge in [0.15, 0.2) is 0 Å². The highest BCUT2D eigenvalue weighted by atomic mass is 32.1. The van der Waals surface area contributed by atoms with Gasteiger partial charge in [-0.2, -0.15) is 0 Å². The molecule has 0 spiro atoms. The average molecular weight is 549 g/mol. The minimum Gasteiger partial charge on any atom is -0.391 e. The van der Waals surface area contributed by atoms with Crippen molar-refractivity contribution >= 4 is 51.0 Å². The number of anilines is 1. The van der Waals surface area contributed by atoms with Crippen LogP contribution in [0.5, 0.6) is 0 Å². The molecule has 0 radical (unpaired) electrons. The van der Waals surface area contributed by atoms with Crippen LogP contribution in [0.1, 0.15) is 42.9 Å². The molecule has 0 aliphatic rings. The van der Waals surface area contributed by atoms with Gasteiger partial charge >= 0.3 is 5.69 Å². The van der Waals surface area contributed by atoms with E-state index in [-0.39, 0.29) is 36.6 Å². The van der Waals surface area contributed by atoms with E-state index in [0.29, 0.717) is 21.9 Å². The first-order valence-electron chi connectivity index (χ1n) is 11.9. The highest BCUT2D eigenvalue weighted by Gasteiger charge is 2.30. The fourth-order valence-electron chi connectivity index (χ4n) is 3.88. The Balaban J connectivity index is 2.31. The molecule has 0 aliphatic carbocycles. The SMILES string of the molecule is CCN(OC[C@H](C)O)C(=O)c1c(CN(C(=O)S)c2ccccc2)sc2c1c(=O)n(C)c(=O)n2CC(C)C. The molecule has 2 heterocycles. The third-order valence-corrected chi connectivity index (χ3v) is 7.03. The number of hydroxylamine groups is 2. The highest BCUT2D eigenvalue weighted by molar-refractivity contribution is 7.96. The summed E-state index contributed by atoms with van der Waals surface area (Å²) < 4.78 is 2.48. The lowest BCUT2D eigenvalue weighted by Gasteiger charge is -2.23. The number of para-hydroxylation sites is 1. The molecule has 10 nitrogen and oxygen atoms in total. The number of thiol groups is 1. The van der Waals surface area contributed by atoms with E-state index < -0.39 is 28.5 Å². The first-order valence-corrected chi connectivity index (χ1v) is 13.2. The molecule has 0 fully saturated rings. The maximum absolute atomic E-state index is 13.8. The van der Waals surface area contributed by atoms with Gasteiger partial charge in [-0.1, -0.05) is 44.7 Å². The number of nitrogens with zero attached hydrogens (tertiary/aromatic N) is 4. The largest absolute Gasteiger partial charge is 0.391 e. The van der Waals surface area contributed by atoms with E-state index in [1.54, 1.807) is 31.2 Å². The van der Waals surface area contributed by atoms with Crippen LogP contribution in [0, 0.1) is 5.92 Å². The Bertz CT molecular complexity index is 1390. The smallest absolute Gasteiger partial charge is 0.331 e. The van der Waals surface area contributed by atoms with Gasteiger partial charge in [0.05, 0.1) is 23.6 Å². The van der Waals surface area contributed by atoms with Gasteiger partial charge in [0, 0.05) is 30.7 Å². The molecular formula is C25H32N4O6S2. The predicted octanol–water partition coefficient (Wildman–Crippen LogP) is 3.25. The van der Waals surface area contributed by atoms with Crippen molar-refractivity contribution in [2.24, 2.45) is 13.0 Å². The quantitative estimate of drug-likeness (QED) is 0.297. The Hall–Kier alpha value is -2.93. The van der Waals surface area contributed by atoms with E-state index in [2.05, 4.69) is 12.6 Å². The van der Waals surface area contributed by atoms with Crippen LogP contribution >= 0.6 is 24.0 Å². The van der Waals surface area contributed by atoms with Crippen molar-refractivity contribution in [1.29, 1.82) is 0 Å². The number of aliphatic hydroxyl groups excluding tert-OH is 1. The fraction of sp³-hybridized carbons (Fsp3) is 0.440. The second-order valence-corrected chi connectivity index (χ2v) is 10.5. The van der Waals surface area contributed by atoms with Crippen molar-refractivity contribution in [3.63, 3.8) is 0 Å². The van der Waals surface area contributed by atoms with Crippen LogP contribution in [0.15, 0.2) is 39.9 Å². The van der Waals surface area contributed by atoms with Gasteiger partial charge in [-0.15, -0.1) is 11.3 Å². The number of amides is 2. The molecule has 0 unspecified atom stereocenters. The van der Waals surface area contributed by atoms with E-state index >= 15 is 0 Å². The maximum Gasteiger partial charge on any atom is 0.331 e. The summed E-state index contributed by atoms with van der Waals surface area (Å²) in [5.41, 5.74) is -0.480. The number of benzene rings is 1. The first-order chi connectivity index (χ1) is 17.5. The number of aliphatic hydroxyl groups is 1. The zero-order valence-electron chi connectivity index (χ0n) is 21.5. The Kier molecular flexibility index (Phi) is 9.35. The second kappa shape index (κ2) is 12.1. The van der Waals surface area contributed by atoms with Crippen molar-refractivity contribution < 1.29 is 19.5 Å². The number of hydrogen-bond donors (Lipinski definition) is 2. The molecule has 1 atom stereocenters. The molecule has 200 valence electrons. The van der Waals surface area contributed by atoms with Crippen LogP contribution in [0.3, 0.4) is 0 Å². The van der Waals surface area contributed by atoms with Crippen molar-refractivity contribution in [3.05, 3.63) is 61.6 Å². The zero-order chi connectivity index (χ0) is 27.4. The second-order valence-electron chi connectivity index (χ2n) is 9.08. The lowest BCUT2D eigenvalue weighted by Crippen LogP contribution is -2.40. The van der Waals surface area contributed by atoms with Gasteiger partial charge < -0.3 is 5.11 Å². The van der Waals surface area contributed by atoms with Gasteiger partial charge in [-0.25, -0.2) is 9.86 Å². The van der Waals surface area contributed by atoms with Crippen molar-refractivity contribution in [1.82, 2.24) is 14.2 Å². The fourth-order valence-corrected chi connectivity index (χ4v) is 5.34. The lowest BCUT2D eigenvalue weighted by atomic mass is 10.1. The number of carbonyl (C=O) groups is 2. The normalized spacial score (nSPS) is 12.2. The summed E-state index contributed by atoms with van der Waals surface area (Å²) in [6, 6.07) is 8.83. The Morgan fingerprint density at radius 2 is 1.81 bits per heavy atom. The van der Waals surface area contributed by atoms with Crippen molar-refractivity contribution in [3.8, 4) is 0 Å². The van der Waals surface area contributed by atoms with Crippen LogP contribution in [0.4, 0.5) is 10.5 Å². The third-order valence-electron chi connectivity index (χ3n) is 5.59. The lowest BCUT2D eigenvalue weighted by molar-refractivity contribution is -0.140. The van der Waals surface area contributed by atoms with Crippen LogP contribution < -0.4 is 16.1 Å². The number of rotatable bonds is 10. The van der Waals surface area contributed by atoms with Gasteiger partial charge in [0.25, 0.3) is 16.7 Å². The monoisotopic (exact) mass is 548 g/mol. The zero-order valence-corrected chi connectivity index (χ0v) is 23.2. The van der Waals surface area contributed by atoms with Gasteiger partial charge in [-0.05, 0) is 31.9 Å². The first kappa shape index (κ1) is 28.6. The maximum atomic E-state index is 13.8. The topological polar surface area (TPSA) is 114 Å². The molecule has 3 rings (SSSR count). The summed E-state index contributed by atoms with van der Waals surface area (Å²) in [6.07, 6.45) is -0.819. The van der Waals surface area contributed by atoms with Gasteiger partial charge in [0.2, 0.25) is 0 Å². The van der Waals surface area contributed by atoms with E-state index in [0.717, 1.165) is 21.0 Å². The third kappa shape index (κ3) is 6.15. The van der Waals surface area contributed by atoms with E-state index in [4.69, 9.17) is 4.84 Å². The molecule has 37 heavy (non-hydrogen) atoms. The number of carbonyl (C=O) groups excluding carboxylic acids is 2. The van der Waals surface area contributed by atoms with Gasteiger partial charge in [0.1, 0.15) is 11.4 Å². The predicted molar refractivity (Wildman–Crippen MR) is 148 cm³/mol. The average Bonchev–Trinajstić information content (AvgIpc) is 3.23. The molecular weight excluding hydrogens is 516 g/mol. The molecule has 3 aromatic rings. The molecule has 1 N–H and O–H groups in total. The molecule has 0 saturated carbocycles.